The van der Waals surface area contributed by atoms with Crippen LogP contribution in [-0.4, -0.2) is 16.9 Å². The summed E-state index contributed by atoms with van der Waals surface area (Å²) in [5.74, 6) is 0. The summed E-state index contributed by atoms with van der Waals surface area (Å²) in [5, 5.41) is 8.35. The van der Waals surface area contributed by atoms with E-state index in [9.17, 15) is 0 Å². The van der Waals surface area contributed by atoms with E-state index >= 15 is 0 Å². The van der Waals surface area contributed by atoms with Crippen molar-refractivity contribution in [2.75, 3.05) is 4.90 Å². The van der Waals surface area contributed by atoms with Crippen molar-refractivity contribution < 1.29 is 4.42 Å². The monoisotopic (exact) mass is 584 g/mol. The van der Waals surface area contributed by atoms with Gasteiger partial charge in [-0.1, -0.05) is 111 Å². The van der Waals surface area contributed by atoms with Crippen LogP contribution in [0.4, 0.5) is 17.1 Å². The quantitative estimate of drug-likeness (QED) is 0.195. The van der Waals surface area contributed by atoms with Crippen LogP contribution in [0.5, 0.6) is 0 Å². The topological polar surface area (TPSA) is 16.4 Å². The molecule has 0 N–H and O–H groups in total. The zero-order valence-electron chi connectivity index (χ0n) is 24.5. The number of nitrogens with zero attached hydrogens (tertiary/aromatic N) is 1. The first-order valence-electron chi connectivity index (χ1n) is 15.0. The molecule has 6 aromatic carbocycles. The van der Waals surface area contributed by atoms with Gasteiger partial charge in [0, 0.05) is 33.4 Å². The van der Waals surface area contributed by atoms with E-state index in [0.717, 1.165) is 11.2 Å². The summed E-state index contributed by atoms with van der Waals surface area (Å²) in [4.78, 5) is 2.50. The fourth-order valence-corrected chi connectivity index (χ4v) is 13.2. The minimum absolute atomic E-state index is 0.918. The van der Waals surface area contributed by atoms with Gasteiger partial charge in [0.15, 0.2) is 0 Å². The molecule has 0 atom stereocenters. The first kappa shape index (κ1) is 24.9. The van der Waals surface area contributed by atoms with E-state index in [-0.39, 0.29) is 0 Å². The second kappa shape index (κ2) is 8.93. The second-order valence-corrected chi connectivity index (χ2v) is 19.0. The first-order valence-corrected chi connectivity index (χ1v) is 20.0. The third-order valence-electron chi connectivity index (χ3n) is 9.72. The molecule has 0 spiro atoms. The predicted octanol–water partition coefficient (Wildman–Crippen LogP) is 8.08. The molecule has 2 aliphatic rings. The Hall–Kier alpha value is -4.65. The van der Waals surface area contributed by atoms with Crippen LogP contribution in [0.15, 0.2) is 132 Å². The Morgan fingerprint density at radius 2 is 1.37 bits per heavy atom. The van der Waals surface area contributed by atoms with Crippen LogP contribution in [0, 0.1) is 0 Å². The van der Waals surface area contributed by atoms with Gasteiger partial charge in [-0.05, 0) is 73.8 Å². The summed E-state index contributed by atoms with van der Waals surface area (Å²) in [6, 6.07) is 47.0. The Morgan fingerprint density at radius 1 is 0.605 bits per heavy atom. The van der Waals surface area contributed by atoms with Gasteiger partial charge in [-0.2, -0.15) is 0 Å². The van der Waals surface area contributed by atoms with Gasteiger partial charge in [-0.25, -0.2) is 0 Å². The highest BCUT2D eigenvalue weighted by molar-refractivity contribution is 7.04. The number of anilines is 3. The Kier molecular flexibility index (Phi) is 5.17. The van der Waals surface area contributed by atoms with Gasteiger partial charge in [-0.15, -0.1) is 0 Å². The van der Waals surface area contributed by atoms with Crippen LogP contribution in [0.25, 0.3) is 44.2 Å². The Morgan fingerprint density at radius 3 is 2.26 bits per heavy atom. The standard InChI is InChI=1S/C39H30NOSi2/c1-42-34-19-10-8-15-28(34)30-16-11-17-32(39(30)42)40(25-12-5-4-6-13-25)26-20-21-31-36(24-26)43(2,3)35-23-22-29-27-14-7-9-18-33(27)41-38(29)37(31)35/h4-24H,1-3H3. The summed E-state index contributed by atoms with van der Waals surface area (Å²) < 4.78 is 6.57. The molecular formula is C39H30NOSi2. The summed E-state index contributed by atoms with van der Waals surface area (Å²) >= 11 is 0. The van der Waals surface area contributed by atoms with E-state index in [2.05, 4.69) is 152 Å². The molecule has 1 radical (unpaired) electrons. The number of hydrogen-bond donors (Lipinski definition) is 0. The molecule has 205 valence electrons. The van der Waals surface area contributed by atoms with Crippen molar-refractivity contribution in [1.29, 1.82) is 0 Å². The lowest BCUT2D eigenvalue weighted by molar-refractivity contribution is 0.670. The number of rotatable bonds is 3. The van der Waals surface area contributed by atoms with Crippen molar-refractivity contribution in [2.45, 2.75) is 19.6 Å². The number of fused-ring (bicyclic) bond motifs is 10. The number of furan rings is 1. The van der Waals surface area contributed by atoms with Crippen molar-refractivity contribution in [3.63, 3.8) is 0 Å². The molecular weight excluding hydrogens is 555 g/mol. The minimum atomic E-state index is -1.99. The molecule has 1 aromatic heterocycles. The van der Waals surface area contributed by atoms with Gasteiger partial charge >= 0.3 is 0 Å². The van der Waals surface area contributed by atoms with E-state index in [1.54, 1.807) is 0 Å². The van der Waals surface area contributed by atoms with E-state index in [0.29, 0.717) is 0 Å². The number of hydrogen-bond acceptors (Lipinski definition) is 2. The average Bonchev–Trinajstić information content (AvgIpc) is 3.64. The minimum Gasteiger partial charge on any atom is -0.455 e. The SMILES string of the molecule is C[Si]1c2ccccc2-c2cccc(N(c3ccccc3)c3ccc4c(c3)[Si](C)(C)c3ccc5c(oc6ccccc65)c3-4)c21. The van der Waals surface area contributed by atoms with E-state index in [1.165, 1.54) is 70.8 Å². The highest BCUT2D eigenvalue weighted by Crippen LogP contribution is 2.42. The Labute approximate surface area is 254 Å². The van der Waals surface area contributed by atoms with Crippen LogP contribution in [0.3, 0.4) is 0 Å². The molecule has 4 heteroatoms. The molecule has 0 saturated carbocycles. The van der Waals surface area contributed by atoms with Crippen molar-refractivity contribution >= 4 is 76.6 Å². The molecule has 0 bridgehead atoms. The molecule has 0 unspecified atom stereocenters. The predicted molar refractivity (Wildman–Crippen MR) is 187 cm³/mol. The maximum absolute atomic E-state index is 6.57. The zero-order chi connectivity index (χ0) is 28.9. The van der Waals surface area contributed by atoms with Crippen molar-refractivity contribution in [2.24, 2.45) is 0 Å². The van der Waals surface area contributed by atoms with Crippen molar-refractivity contribution in [1.82, 2.24) is 0 Å². The summed E-state index contributed by atoms with van der Waals surface area (Å²) in [6.07, 6.45) is 0. The van der Waals surface area contributed by atoms with Gasteiger partial charge in [0.05, 0.1) is 0 Å². The average molecular weight is 585 g/mol. The van der Waals surface area contributed by atoms with Gasteiger partial charge in [0.25, 0.3) is 0 Å². The lowest BCUT2D eigenvalue weighted by Crippen LogP contribution is -2.49. The lowest BCUT2D eigenvalue weighted by atomic mass is 10.0. The summed E-state index contributed by atoms with van der Waals surface area (Å²) in [6.45, 7) is 7.44. The highest BCUT2D eigenvalue weighted by atomic mass is 28.3. The normalized spacial score (nSPS) is 14.5. The zero-order valence-corrected chi connectivity index (χ0v) is 26.5. The number of para-hydroxylation sites is 2. The fourth-order valence-electron chi connectivity index (χ4n) is 7.66. The van der Waals surface area contributed by atoms with Crippen LogP contribution in [0.2, 0.25) is 19.6 Å². The van der Waals surface area contributed by atoms with Crippen LogP contribution in [0.1, 0.15) is 0 Å². The molecule has 7 aromatic rings. The molecule has 9 rings (SSSR count). The van der Waals surface area contributed by atoms with E-state index in [4.69, 9.17) is 4.42 Å². The second-order valence-electron chi connectivity index (χ2n) is 12.4. The number of benzene rings is 6. The van der Waals surface area contributed by atoms with Crippen LogP contribution in [-0.2, 0) is 0 Å². The third-order valence-corrected chi connectivity index (χ3v) is 15.8. The van der Waals surface area contributed by atoms with Gasteiger partial charge in [0.1, 0.15) is 28.0 Å². The lowest BCUT2D eigenvalue weighted by Gasteiger charge is -2.30. The van der Waals surface area contributed by atoms with Crippen molar-refractivity contribution in [3.05, 3.63) is 127 Å². The molecule has 0 fully saturated rings. The van der Waals surface area contributed by atoms with Crippen LogP contribution < -0.4 is 25.6 Å². The Bertz CT molecular complexity index is 2250. The Balaban J connectivity index is 1.27. The molecule has 2 nitrogen and oxygen atoms in total. The maximum atomic E-state index is 6.57. The molecule has 3 heterocycles. The van der Waals surface area contributed by atoms with E-state index in [1.807, 2.05) is 0 Å². The molecule has 0 aliphatic carbocycles. The summed E-state index contributed by atoms with van der Waals surface area (Å²) in [5.41, 5.74) is 11.1. The highest BCUT2D eigenvalue weighted by Gasteiger charge is 2.40. The fraction of sp³-hybridized carbons (Fsp3) is 0.0769. The molecule has 0 saturated heterocycles. The third kappa shape index (κ3) is 3.39. The first-order chi connectivity index (χ1) is 21.0. The van der Waals surface area contributed by atoms with Crippen molar-refractivity contribution in [3.8, 4) is 22.3 Å². The molecule has 2 aliphatic heterocycles. The largest absolute Gasteiger partial charge is 0.455 e. The smallest absolute Gasteiger partial charge is 0.143 e. The maximum Gasteiger partial charge on any atom is 0.143 e. The van der Waals surface area contributed by atoms with Gasteiger partial charge in [-0.3, -0.25) is 0 Å². The molecule has 0 amide bonds. The van der Waals surface area contributed by atoms with Crippen LogP contribution >= 0.6 is 0 Å². The van der Waals surface area contributed by atoms with Gasteiger partial charge in [0.2, 0.25) is 0 Å². The van der Waals surface area contributed by atoms with Gasteiger partial charge < -0.3 is 9.32 Å². The molecule has 43 heavy (non-hydrogen) atoms. The van der Waals surface area contributed by atoms with E-state index < -0.39 is 16.9 Å². The summed E-state index contributed by atoms with van der Waals surface area (Å²) in [7, 11) is -2.91.